The summed E-state index contributed by atoms with van der Waals surface area (Å²) < 4.78 is 12.7. The van der Waals surface area contributed by atoms with Crippen LogP contribution in [0.15, 0.2) is 39.4 Å². The van der Waals surface area contributed by atoms with E-state index in [2.05, 4.69) is 36.8 Å². The minimum atomic E-state index is 0.369. The standard InChI is InChI=1S/C14H12Br2ClNO2/c1-19-14-10(3-2-4-18-14)8-20-13-11(15)5-9(7-17)6-12(13)16/h2-6H,7-8H2,1H3. The lowest BCUT2D eigenvalue weighted by Crippen LogP contribution is -2.01. The molecule has 0 amide bonds. The molecule has 0 aliphatic rings. The molecule has 6 heteroatoms. The van der Waals surface area contributed by atoms with E-state index < -0.39 is 0 Å². The first kappa shape index (κ1) is 15.6. The SMILES string of the molecule is COc1ncccc1COc1c(Br)cc(CCl)cc1Br. The molecule has 1 heterocycles. The zero-order valence-corrected chi connectivity index (χ0v) is 14.6. The molecule has 2 rings (SSSR count). The van der Waals surface area contributed by atoms with Gasteiger partial charge in [0.1, 0.15) is 12.4 Å². The van der Waals surface area contributed by atoms with E-state index in [-0.39, 0.29) is 0 Å². The number of benzene rings is 1. The number of ether oxygens (including phenoxy) is 2. The van der Waals surface area contributed by atoms with Gasteiger partial charge in [0.05, 0.1) is 21.6 Å². The quantitative estimate of drug-likeness (QED) is 0.642. The van der Waals surface area contributed by atoms with Crippen LogP contribution < -0.4 is 9.47 Å². The molecular weight excluding hydrogens is 409 g/mol. The van der Waals surface area contributed by atoms with Crippen LogP contribution in [-0.2, 0) is 12.5 Å². The summed E-state index contributed by atoms with van der Waals surface area (Å²) in [5, 5.41) is 0. The Morgan fingerprint density at radius 1 is 1.25 bits per heavy atom. The van der Waals surface area contributed by atoms with Crippen molar-refractivity contribution >= 4 is 43.5 Å². The second kappa shape index (κ2) is 7.29. The summed E-state index contributed by atoms with van der Waals surface area (Å²) in [6.45, 7) is 0.369. The highest BCUT2D eigenvalue weighted by Gasteiger charge is 2.11. The number of pyridine rings is 1. The van der Waals surface area contributed by atoms with E-state index in [9.17, 15) is 0 Å². The summed E-state index contributed by atoms with van der Waals surface area (Å²) in [5.74, 6) is 1.75. The normalized spacial score (nSPS) is 10.4. The minimum absolute atomic E-state index is 0.369. The monoisotopic (exact) mass is 419 g/mol. The van der Waals surface area contributed by atoms with Crippen molar-refractivity contribution in [2.75, 3.05) is 7.11 Å². The second-order valence-corrected chi connectivity index (χ2v) is 5.96. The summed E-state index contributed by atoms with van der Waals surface area (Å²) in [7, 11) is 1.59. The lowest BCUT2D eigenvalue weighted by Gasteiger charge is -2.13. The van der Waals surface area contributed by atoms with Gasteiger partial charge in [-0.3, -0.25) is 0 Å². The van der Waals surface area contributed by atoms with Gasteiger partial charge in [-0.15, -0.1) is 11.6 Å². The third kappa shape index (κ3) is 3.65. The number of halogens is 3. The fraction of sp³-hybridized carbons (Fsp3) is 0.214. The molecule has 0 aliphatic carbocycles. The van der Waals surface area contributed by atoms with Crippen LogP contribution in [0, 0.1) is 0 Å². The number of hydrogen-bond donors (Lipinski definition) is 0. The summed E-state index contributed by atoms with van der Waals surface area (Å²) in [6.07, 6.45) is 1.68. The van der Waals surface area contributed by atoms with Crippen LogP contribution in [0.4, 0.5) is 0 Å². The number of methoxy groups -OCH3 is 1. The van der Waals surface area contributed by atoms with Gasteiger partial charge in [-0.25, -0.2) is 4.98 Å². The number of alkyl halides is 1. The van der Waals surface area contributed by atoms with Gasteiger partial charge in [0, 0.05) is 12.1 Å². The number of rotatable bonds is 5. The molecule has 0 N–H and O–H groups in total. The highest BCUT2D eigenvalue weighted by molar-refractivity contribution is 9.11. The van der Waals surface area contributed by atoms with Crippen LogP contribution in [0.5, 0.6) is 11.6 Å². The Labute approximate surface area is 139 Å². The molecule has 20 heavy (non-hydrogen) atoms. The molecule has 0 aliphatic heterocycles. The lowest BCUT2D eigenvalue weighted by molar-refractivity contribution is 0.290. The van der Waals surface area contributed by atoms with Crippen molar-refractivity contribution in [1.29, 1.82) is 0 Å². The molecule has 0 bridgehead atoms. The average Bonchev–Trinajstić information content (AvgIpc) is 2.46. The van der Waals surface area contributed by atoms with Crippen LogP contribution in [-0.4, -0.2) is 12.1 Å². The van der Waals surface area contributed by atoms with Gasteiger partial charge >= 0.3 is 0 Å². The highest BCUT2D eigenvalue weighted by Crippen LogP contribution is 2.36. The predicted molar refractivity (Wildman–Crippen MR) is 86.5 cm³/mol. The van der Waals surface area contributed by atoms with Crippen LogP contribution in [0.25, 0.3) is 0 Å². The Morgan fingerprint density at radius 2 is 1.95 bits per heavy atom. The maximum atomic E-state index is 5.84. The third-order valence-corrected chi connectivity index (χ3v) is 4.11. The maximum Gasteiger partial charge on any atom is 0.219 e. The summed E-state index contributed by atoms with van der Waals surface area (Å²) in [4.78, 5) is 4.14. The van der Waals surface area contributed by atoms with E-state index in [0.717, 1.165) is 25.8 Å². The highest BCUT2D eigenvalue weighted by atomic mass is 79.9. The van der Waals surface area contributed by atoms with E-state index in [1.807, 2.05) is 24.3 Å². The minimum Gasteiger partial charge on any atom is -0.486 e. The van der Waals surface area contributed by atoms with Gasteiger partial charge in [0.25, 0.3) is 0 Å². The van der Waals surface area contributed by atoms with Crippen molar-refractivity contribution in [2.24, 2.45) is 0 Å². The fourth-order valence-electron chi connectivity index (χ4n) is 1.70. The average molecular weight is 422 g/mol. The summed E-state index contributed by atoms with van der Waals surface area (Å²) in [6, 6.07) is 7.64. The molecule has 0 spiro atoms. The first-order chi connectivity index (χ1) is 9.65. The third-order valence-electron chi connectivity index (χ3n) is 2.63. The molecule has 0 atom stereocenters. The Bertz CT molecular complexity index is 584. The van der Waals surface area contributed by atoms with E-state index in [4.69, 9.17) is 21.1 Å². The molecule has 106 valence electrons. The number of nitrogens with zero attached hydrogens (tertiary/aromatic N) is 1. The molecule has 0 fully saturated rings. The van der Waals surface area contributed by atoms with Crippen molar-refractivity contribution in [3.05, 3.63) is 50.5 Å². The smallest absolute Gasteiger partial charge is 0.219 e. The van der Waals surface area contributed by atoms with Gasteiger partial charge in [-0.1, -0.05) is 0 Å². The first-order valence-corrected chi connectivity index (χ1v) is 7.92. The van der Waals surface area contributed by atoms with Crippen molar-refractivity contribution in [2.45, 2.75) is 12.5 Å². The van der Waals surface area contributed by atoms with E-state index in [0.29, 0.717) is 18.4 Å². The predicted octanol–water partition coefficient (Wildman–Crippen LogP) is 4.93. The molecule has 1 aromatic carbocycles. The van der Waals surface area contributed by atoms with E-state index in [1.165, 1.54) is 0 Å². The first-order valence-electron chi connectivity index (χ1n) is 5.80. The second-order valence-electron chi connectivity index (χ2n) is 3.98. The molecular formula is C14H12Br2ClNO2. The molecule has 0 saturated heterocycles. The van der Waals surface area contributed by atoms with E-state index in [1.54, 1.807) is 13.3 Å². The molecule has 2 aromatic rings. The van der Waals surface area contributed by atoms with Crippen LogP contribution in [0.3, 0.4) is 0 Å². The number of aromatic nitrogens is 1. The number of hydrogen-bond acceptors (Lipinski definition) is 3. The van der Waals surface area contributed by atoms with Crippen LogP contribution >= 0.6 is 43.5 Å². The van der Waals surface area contributed by atoms with E-state index >= 15 is 0 Å². The van der Waals surface area contributed by atoms with Gasteiger partial charge in [-0.2, -0.15) is 0 Å². The van der Waals surface area contributed by atoms with Crippen LogP contribution in [0.1, 0.15) is 11.1 Å². The van der Waals surface area contributed by atoms with Crippen LogP contribution in [0.2, 0.25) is 0 Å². The molecule has 1 aromatic heterocycles. The molecule has 3 nitrogen and oxygen atoms in total. The van der Waals surface area contributed by atoms with Gasteiger partial charge in [0.2, 0.25) is 5.88 Å². The Hall–Kier alpha value is -0.780. The van der Waals surface area contributed by atoms with Gasteiger partial charge < -0.3 is 9.47 Å². The van der Waals surface area contributed by atoms with Crippen molar-refractivity contribution in [3.63, 3.8) is 0 Å². The lowest BCUT2D eigenvalue weighted by atomic mass is 10.2. The summed E-state index contributed by atoms with van der Waals surface area (Å²) in [5.41, 5.74) is 1.90. The Morgan fingerprint density at radius 3 is 2.55 bits per heavy atom. The van der Waals surface area contributed by atoms with Gasteiger partial charge in [-0.05, 0) is 61.7 Å². The maximum absolute atomic E-state index is 5.84. The van der Waals surface area contributed by atoms with Gasteiger partial charge in [0.15, 0.2) is 0 Å². The summed E-state index contributed by atoms with van der Waals surface area (Å²) >= 11 is 12.8. The van der Waals surface area contributed by atoms with Crippen molar-refractivity contribution in [3.8, 4) is 11.6 Å². The largest absolute Gasteiger partial charge is 0.486 e. The topological polar surface area (TPSA) is 31.4 Å². The van der Waals surface area contributed by atoms with Crippen molar-refractivity contribution in [1.82, 2.24) is 4.98 Å². The van der Waals surface area contributed by atoms with Crippen molar-refractivity contribution < 1.29 is 9.47 Å². The Kier molecular flexibility index (Phi) is 5.69. The molecule has 0 radical (unpaired) electrons. The Balaban J connectivity index is 2.19. The zero-order valence-electron chi connectivity index (χ0n) is 10.7. The zero-order chi connectivity index (χ0) is 14.5. The molecule has 0 unspecified atom stereocenters. The molecule has 0 saturated carbocycles. The fourth-order valence-corrected chi connectivity index (χ4v) is 3.36.